The fourth-order valence-electron chi connectivity index (χ4n) is 9.05. The molecular weight excluding hydrogens is 685 g/mol. The molecule has 0 unspecified atom stereocenters. The highest BCUT2D eigenvalue weighted by atomic mass is 32.1. The Morgan fingerprint density at radius 2 is 0.982 bits per heavy atom. The van der Waals surface area contributed by atoms with E-state index < -0.39 is 0 Å². The van der Waals surface area contributed by atoms with Gasteiger partial charge in [-0.2, -0.15) is 0 Å². The second kappa shape index (κ2) is 11.8. The van der Waals surface area contributed by atoms with E-state index in [1.54, 1.807) is 0 Å². The summed E-state index contributed by atoms with van der Waals surface area (Å²) in [6.07, 6.45) is 0. The van der Waals surface area contributed by atoms with Crippen molar-refractivity contribution < 1.29 is 0 Å². The maximum Gasteiger partial charge on any atom is 0.0541 e. The maximum atomic E-state index is 2.42. The molecule has 11 aromatic rings. The third-order valence-corrected chi connectivity index (χ3v) is 12.6. The quantitative estimate of drug-likeness (QED) is 0.172. The average molecular weight is 717 g/mol. The van der Waals surface area contributed by atoms with Gasteiger partial charge in [0.2, 0.25) is 0 Å². The zero-order valence-electron chi connectivity index (χ0n) is 29.8. The minimum absolute atomic E-state index is 1.12. The van der Waals surface area contributed by atoms with E-state index in [9.17, 15) is 0 Å². The molecule has 0 fully saturated rings. The Bertz CT molecular complexity index is 3270. The second-order valence-electron chi connectivity index (χ2n) is 14.5. The van der Waals surface area contributed by atoms with E-state index in [2.05, 4.69) is 204 Å². The van der Waals surface area contributed by atoms with E-state index in [-0.39, 0.29) is 0 Å². The lowest BCUT2D eigenvalue weighted by Crippen LogP contribution is -2.10. The van der Waals surface area contributed by atoms with E-state index >= 15 is 0 Å². The summed E-state index contributed by atoms with van der Waals surface area (Å²) in [5.74, 6) is 0. The average Bonchev–Trinajstić information content (AvgIpc) is 3.90. The van der Waals surface area contributed by atoms with Crippen LogP contribution in [0.1, 0.15) is 0 Å². The maximum absolute atomic E-state index is 2.42. The van der Waals surface area contributed by atoms with Gasteiger partial charge in [-0.1, -0.05) is 127 Å². The van der Waals surface area contributed by atoms with Crippen LogP contribution in [0, 0.1) is 0 Å². The monoisotopic (exact) mass is 716 g/mol. The normalized spacial score (nSPS) is 12.0. The van der Waals surface area contributed by atoms with Crippen LogP contribution in [0.3, 0.4) is 0 Å². The molecule has 1 aliphatic carbocycles. The molecule has 0 atom stereocenters. The predicted molar refractivity (Wildman–Crippen MR) is 236 cm³/mol. The molecule has 2 heterocycles. The highest BCUT2D eigenvalue weighted by molar-refractivity contribution is 7.25. The Morgan fingerprint density at radius 3 is 1.76 bits per heavy atom. The Balaban J connectivity index is 0.989. The summed E-state index contributed by atoms with van der Waals surface area (Å²) < 4.78 is 5.00. The molecule has 55 heavy (non-hydrogen) atoms. The van der Waals surface area contributed by atoms with Crippen molar-refractivity contribution in [3.63, 3.8) is 0 Å². The SMILES string of the molecule is c1cc(-c2ccc(N(c3ccc4c(c3)-c3cccc5cccc-4c35)c3ccc4c(c3)sc3ccccc34)cc2)cc(-n2c3ccccc3c3ccccc32)c1. The summed E-state index contributed by atoms with van der Waals surface area (Å²) in [6.45, 7) is 0. The molecule has 0 spiro atoms. The Morgan fingerprint density at radius 1 is 0.364 bits per heavy atom. The van der Waals surface area contributed by atoms with Gasteiger partial charge in [0, 0.05) is 53.7 Å². The van der Waals surface area contributed by atoms with Gasteiger partial charge in [0.05, 0.1) is 11.0 Å². The topological polar surface area (TPSA) is 8.17 Å². The number of fused-ring (bicyclic) bond motifs is 9. The van der Waals surface area contributed by atoms with Crippen LogP contribution in [0.4, 0.5) is 17.1 Å². The number of benzene rings is 9. The van der Waals surface area contributed by atoms with Crippen LogP contribution in [-0.2, 0) is 0 Å². The number of anilines is 3. The third-order valence-electron chi connectivity index (χ3n) is 11.5. The molecule has 0 aliphatic heterocycles. The van der Waals surface area contributed by atoms with Crippen molar-refractivity contribution in [3.8, 4) is 39.1 Å². The number of nitrogens with zero attached hydrogens (tertiary/aromatic N) is 2. The van der Waals surface area contributed by atoms with Crippen LogP contribution in [0.15, 0.2) is 194 Å². The van der Waals surface area contributed by atoms with Crippen molar-refractivity contribution in [2.24, 2.45) is 0 Å². The lowest BCUT2D eigenvalue weighted by molar-refractivity contribution is 1.18. The molecule has 0 bridgehead atoms. The Labute approximate surface area is 322 Å². The molecule has 0 saturated heterocycles. The van der Waals surface area contributed by atoms with Crippen molar-refractivity contribution in [3.05, 3.63) is 194 Å². The molecular formula is C52H32N2S. The van der Waals surface area contributed by atoms with Gasteiger partial charge < -0.3 is 9.47 Å². The van der Waals surface area contributed by atoms with Crippen molar-refractivity contribution in [1.29, 1.82) is 0 Å². The number of para-hydroxylation sites is 2. The predicted octanol–water partition coefficient (Wildman–Crippen LogP) is 15.1. The number of hydrogen-bond donors (Lipinski definition) is 0. The first-order valence-corrected chi connectivity index (χ1v) is 19.7. The summed E-state index contributed by atoms with van der Waals surface area (Å²) in [7, 11) is 0. The van der Waals surface area contributed by atoms with Gasteiger partial charge in [0.15, 0.2) is 0 Å². The summed E-state index contributed by atoms with van der Waals surface area (Å²) >= 11 is 1.86. The van der Waals surface area contributed by atoms with Gasteiger partial charge in [-0.25, -0.2) is 0 Å². The lowest BCUT2D eigenvalue weighted by atomic mass is 10.0. The summed E-state index contributed by atoms with van der Waals surface area (Å²) in [4.78, 5) is 2.42. The van der Waals surface area contributed by atoms with E-state index in [1.165, 1.54) is 86.1 Å². The smallest absolute Gasteiger partial charge is 0.0541 e. The van der Waals surface area contributed by atoms with Crippen LogP contribution in [0.25, 0.3) is 91.8 Å². The Kier molecular flexibility index (Phi) is 6.54. The van der Waals surface area contributed by atoms with Gasteiger partial charge in [0.1, 0.15) is 0 Å². The molecule has 2 aromatic heterocycles. The second-order valence-corrected chi connectivity index (χ2v) is 15.6. The number of aromatic nitrogens is 1. The first-order valence-electron chi connectivity index (χ1n) is 18.8. The van der Waals surface area contributed by atoms with E-state index in [1.807, 2.05) is 11.3 Å². The van der Waals surface area contributed by atoms with Crippen LogP contribution in [-0.4, -0.2) is 4.57 Å². The lowest BCUT2D eigenvalue weighted by Gasteiger charge is -2.26. The largest absolute Gasteiger partial charge is 0.310 e. The van der Waals surface area contributed by atoms with E-state index in [4.69, 9.17) is 0 Å². The molecule has 0 saturated carbocycles. The molecule has 9 aromatic carbocycles. The number of hydrogen-bond acceptors (Lipinski definition) is 2. The van der Waals surface area contributed by atoms with Crippen LogP contribution in [0.2, 0.25) is 0 Å². The van der Waals surface area contributed by atoms with Crippen LogP contribution < -0.4 is 4.90 Å². The summed E-state index contributed by atoms with van der Waals surface area (Å²) in [6, 6.07) is 71.5. The van der Waals surface area contributed by atoms with Crippen molar-refractivity contribution in [2.45, 2.75) is 0 Å². The standard InChI is InChI=1S/C52H32N2S/c1-4-19-48-41(14-1)42-15-2-5-20-49(42)54(48)37-13-7-12-35(30-37)33-22-24-36(25-23-33)53(39-27-29-44-43-16-3-6-21-50(43)55-51(44)32-39)38-26-28-40-45-17-8-10-34-11-9-18-46(52(34)45)47(40)31-38/h1-32H. The molecule has 0 amide bonds. The Hall–Kier alpha value is -6.94. The molecule has 3 heteroatoms. The number of thiophene rings is 1. The molecule has 12 rings (SSSR count). The van der Waals surface area contributed by atoms with Gasteiger partial charge >= 0.3 is 0 Å². The molecule has 1 aliphatic rings. The number of rotatable bonds is 5. The third kappa shape index (κ3) is 4.60. The van der Waals surface area contributed by atoms with Crippen molar-refractivity contribution in [1.82, 2.24) is 4.57 Å². The fraction of sp³-hybridized carbons (Fsp3) is 0. The molecule has 256 valence electrons. The zero-order chi connectivity index (χ0) is 36.0. The van der Waals surface area contributed by atoms with Gasteiger partial charge in [-0.05, 0) is 111 Å². The van der Waals surface area contributed by atoms with Crippen molar-refractivity contribution >= 4 is 81.1 Å². The first-order chi connectivity index (χ1) is 27.3. The summed E-state index contributed by atoms with van der Waals surface area (Å²) in [5, 5.41) is 7.80. The van der Waals surface area contributed by atoms with Crippen LogP contribution in [0.5, 0.6) is 0 Å². The van der Waals surface area contributed by atoms with Crippen molar-refractivity contribution in [2.75, 3.05) is 4.90 Å². The first kappa shape index (κ1) is 30.5. The van der Waals surface area contributed by atoms with Gasteiger partial charge in [0.25, 0.3) is 0 Å². The molecule has 2 nitrogen and oxygen atoms in total. The fourth-order valence-corrected chi connectivity index (χ4v) is 10.2. The van der Waals surface area contributed by atoms with Gasteiger partial charge in [-0.3, -0.25) is 0 Å². The minimum atomic E-state index is 1.12. The minimum Gasteiger partial charge on any atom is -0.310 e. The molecule has 0 N–H and O–H groups in total. The van der Waals surface area contributed by atoms with E-state index in [0.29, 0.717) is 0 Å². The van der Waals surface area contributed by atoms with Crippen LogP contribution >= 0.6 is 11.3 Å². The highest BCUT2D eigenvalue weighted by Gasteiger charge is 2.24. The zero-order valence-corrected chi connectivity index (χ0v) is 30.6. The molecule has 0 radical (unpaired) electrons. The highest BCUT2D eigenvalue weighted by Crippen LogP contribution is 2.50. The van der Waals surface area contributed by atoms with Gasteiger partial charge in [-0.15, -0.1) is 11.3 Å². The summed E-state index contributed by atoms with van der Waals surface area (Å²) in [5.41, 5.74) is 14.6. The van der Waals surface area contributed by atoms with E-state index in [0.717, 1.165) is 22.7 Å².